The lowest BCUT2D eigenvalue weighted by Crippen LogP contribution is -2.32. The summed E-state index contributed by atoms with van der Waals surface area (Å²) in [4.78, 5) is 16.8. The summed E-state index contributed by atoms with van der Waals surface area (Å²) < 4.78 is 37.3. The van der Waals surface area contributed by atoms with Crippen molar-refractivity contribution in [2.75, 3.05) is 20.3 Å². The number of pyridine rings is 1. The van der Waals surface area contributed by atoms with E-state index in [0.29, 0.717) is 29.2 Å². The highest BCUT2D eigenvalue weighted by Gasteiger charge is 2.30. The number of sulfone groups is 1. The summed E-state index contributed by atoms with van der Waals surface area (Å²) in [6.45, 7) is 2.24. The molecule has 0 bridgehead atoms. The van der Waals surface area contributed by atoms with Crippen LogP contribution in [0.15, 0.2) is 78.0 Å². The highest BCUT2D eigenvalue weighted by molar-refractivity contribution is 7.91. The second kappa shape index (κ2) is 10.1. The molecule has 0 fully saturated rings. The first kappa shape index (κ1) is 22.3. The van der Waals surface area contributed by atoms with Crippen molar-refractivity contribution in [3.05, 3.63) is 84.2 Å². The fraction of sp³-hybridized carbons (Fsp3) is 0.217. The second-order valence-corrected chi connectivity index (χ2v) is 8.79. The molecule has 0 spiro atoms. The Labute approximate surface area is 182 Å². The van der Waals surface area contributed by atoms with Gasteiger partial charge in [-0.25, -0.2) is 8.42 Å². The largest absolute Gasteiger partial charge is 0.497 e. The topological polar surface area (TPSA) is 94.6 Å². The minimum Gasteiger partial charge on any atom is -0.497 e. The zero-order valence-electron chi connectivity index (χ0n) is 17.3. The zero-order chi connectivity index (χ0) is 22.3. The number of nitrogens with zero attached hydrogens (tertiary/aromatic N) is 1. The van der Waals surface area contributed by atoms with Gasteiger partial charge in [-0.05, 0) is 67.1 Å². The molecule has 31 heavy (non-hydrogen) atoms. The van der Waals surface area contributed by atoms with Crippen LogP contribution >= 0.6 is 0 Å². The Morgan fingerprint density at radius 1 is 1.03 bits per heavy atom. The van der Waals surface area contributed by atoms with Crippen molar-refractivity contribution in [2.24, 2.45) is 0 Å². The molecule has 3 rings (SSSR count). The van der Waals surface area contributed by atoms with Gasteiger partial charge in [0.25, 0.3) is 5.91 Å². The SMILES string of the molecule is CCOc1ccc(S(=O)(=O)C(CNC(=O)c2ccc(OC)cc2)c2cccnc2)cc1. The minimum absolute atomic E-state index is 0.105. The van der Waals surface area contributed by atoms with Gasteiger partial charge in [0.1, 0.15) is 16.7 Å². The Bertz CT molecular complexity index is 1100. The van der Waals surface area contributed by atoms with Gasteiger partial charge in [0.15, 0.2) is 9.84 Å². The maximum atomic E-state index is 13.4. The number of benzene rings is 2. The number of nitrogens with one attached hydrogen (secondary N) is 1. The van der Waals surface area contributed by atoms with E-state index in [4.69, 9.17) is 9.47 Å². The molecule has 1 heterocycles. The van der Waals surface area contributed by atoms with Crippen LogP contribution in [0.25, 0.3) is 0 Å². The Balaban J connectivity index is 1.85. The Morgan fingerprint density at radius 2 is 1.71 bits per heavy atom. The van der Waals surface area contributed by atoms with Crippen LogP contribution < -0.4 is 14.8 Å². The van der Waals surface area contributed by atoms with E-state index < -0.39 is 15.1 Å². The van der Waals surface area contributed by atoms with Gasteiger partial charge in [-0.15, -0.1) is 0 Å². The van der Waals surface area contributed by atoms with Crippen molar-refractivity contribution in [1.82, 2.24) is 10.3 Å². The summed E-state index contributed by atoms with van der Waals surface area (Å²) in [6, 6.07) is 16.2. The van der Waals surface area contributed by atoms with Gasteiger partial charge in [0.05, 0.1) is 18.6 Å². The predicted octanol–water partition coefficient (Wildman–Crippen LogP) is 3.43. The lowest BCUT2D eigenvalue weighted by Gasteiger charge is -2.19. The molecule has 8 heteroatoms. The molecule has 3 aromatic rings. The van der Waals surface area contributed by atoms with Crippen LogP contribution in [0.2, 0.25) is 0 Å². The maximum Gasteiger partial charge on any atom is 0.251 e. The van der Waals surface area contributed by atoms with Crippen LogP contribution in [0, 0.1) is 0 Å². The number of ether oxygens (including phenoxy) is 2. The lowest BCUT2D eigenvalue weighted by molar-refractivity contribution is 0.0953. The van der Waals surface area contributed by atoms with Crippen molar-refractivity contribution in [3.63, 3.8) is 0 Å². The van der Waals surface area contributed by atoms with E-state index in [0.717, 1.165) is 0 Å². The van der Waals surface area contributed by atoms with Crippen LogP contribution in [0.1, 0.15) is 28.1 Å². The fourth-order valence-corrected chi connectivity index (χ4v) is 4.70. The number of carbonyl (C=O) groups excluding carboxylic acids is 1. The predicted molar refractivity (Wildman–Crippen MR) is 117 cm³/mol. The van der Waals surface area contributed by atoms with E-state index in [-0.39, 0.29) is 17.3 Å². The van der Waals surface area contributed by atoms with Crippen LogP contribution in [-0.2, 0) is 9.84 Å². The molecule has 0 saturated heterocycles. The van der Waals surface area contributed by atoms with Crippen LogP contribution in [0.4, 0.5) is 0 Å². The average Bonchev–Trinajstić information content (AvgIpc) is 2.80. The number of rotatable bonds is 9. The third kappa shape index (κ3) is 5.40. The average molecular weight is 441 g/mol. The number of methoxy groups -OCH3 is 1. The van der Waals surface area contributed by atoms with Crippen molar-refractivity contribution >= 4 is 15.7 Å². The van der Waals surface area contributed by atoms with E-state index in [1.165, 1.54) is 18.3 Å². The smallest absolute Gasteiger partial charge is 0.251 e. The Hall–Kier alpha value is -3.39. The standard InChI is InChI=1S/C23H24N2O5S/c1-3-30-20-10-12-21(13-11-20)31(27,28)22(18-5-4-14-24-15-18)16-25-23(26)17-6-8-19(29-2)9-7-17/h4-15,22H,3,16H2,1-2H3,(H,25,26). The molecule has 1 unspecified atom stereocenters. The first-order valence-corrected chi connectivity index (χ1v) is 11.3. The Kier molecular flexibility index (Phi) is 7.25. The van der Waals surface area contributed by atoms with E-state index in [1.54, 1.807) is 61.8 Å². The number of hydrogen-bond acceptors (Lipinski definition) is 6. The van der Waals surface area contributed by atoms with Gasteiger partial charge >= 0.3 is 0 Å². The van der Waals surface area contributed by atoms with Gasteiger partial charge < -0.3 is 14.8 Å². The highest BCUT2D eigenvalue weighted by Crippen LogP contribution is 2.29. The first-order valence-electron chi connectivity index (χ1n) is 9.74. The van der Waals surface area contributed by atoms with E-state index in [1.807, 2.05) is 6.92 Å². The summed E-state index contributed by atoms with van der Waals surface area (Å²) in [5.41, 5.74) is 0.899. The third-order valence-electron chi connectivity index (χ3n) is 4.69. The van der Waals surface area contributed by atoms with Gasteiger partial charge in [-0.2, -0.15) is 0 Å². The monoisotopic (exact) mass is 440 g/mol. The van der Waals surface area contributed by atoms with Gasteiger partial charge in [-0.1, -0.05) is 6.07 Å². The minimum atomic E-state index is -3.80. The molecular formula is C23H24N2O5S. The number of hydrogen-bond donors (Lipinski definition) is 1. The highest BCUT2D eigenvalue weighted by atomic mass is 32.2. The van der Waals surface area contributed by atoms with Gasteiger partial charge in [0.2, 0.25) is 0 Å². The molecule has 0 aliphatic carbocycles. The number of amides is 1. The molecular weight excluding hydrogens is 416 g/mol. The molecule has 2 aromatic carbocycles. The molecule has 1 aromatic heterocycles. The zero-order valence-corrected chi connectivity index (χ0v) is 18.1. The number of carbonyl (C=O) groups is 1. The van der Waals surface area contributed by atoms with Crippen LogP contribution in [0.5, 0.6) is 11.5 Å². The lowest BCUT2D eigenvalue weighted by atomic mass is 10.2. The first-order chi connectivity index (χ1) is 15.0. The molecule has 1 amide bonds. The van der Waals surface area contributed by atoms with Crippen LogP contribution in [0.3, 0.4) is 0 Å². The summed E-state index contributed by atoms with van der Waals surface area (Å²) in [5, 5.41) is 1.73. The molecule has 1 atom stereocenters. The van der Waals surface area contributed by atoms with E-state index in [9.17, 15) is 13.2 Å². The molecule has 0 aliphatic heterocycles. The molecule has 0 aliphatic rings. The normalized spacial score (nSPS) is 12.1. The van der Waals surface area contributed by atoms with E-state index in [2.05, 4.69) is 10.3 Å². The van der Waals surface area contributed by atoms with E-state index >= 15 is 0 Å². The quantitative estimate of drug-likeness (QED) is 0.548. The number of aromatic nitrogens is 1. The van der Waals surface area contributed by atoms with Gasteiger partial charge in [0, 0.05) is 24.5 Å². The van der Waals surface area contributed by atoms with Crippen molar-refractivity contribution < 1.29 is 22.7 Å². The van der Waals surface area contributed by atoms with Crippen molar-refractivity contribution in [2.45, 2.75) is 17.1 Å². The molecule has 7 nitrogen and oxygen atoms in total. The fourth-order valence-electron chi connectivity index (χ4n) is 3.06. The Morgan fingerprint density at radius 3 is 2.29 bits per heavy atom. The summed E-state index contributed by atoms with van der Waals surface area (Å²) in [7, 11) is -2.26. The maximum absolute atomic E-state index is 13.4. The summed E-state index contributed by atoms with van der Waals surface area (Å²) in [6.07, 6.45) is 3.07. The third-order valence-corrected chi connectivity index (χ3v) is 6.81. The van der Waals surface area contributed by atoms with Crippen molar-refractivity contribution in [3.8, 4) is 11.5 Å². The summed E-state index contributed by atoms with van der Waals surface area (Å²) in [5.74, 6) is 0.841. The molecule has 0 saturated carbocycles. The van der Waals surface area contributed by atoms with Crippen molar-refractivity contribution in [1.29, 1.82) is 0 Å². The van der Waals surface area contributed by atoms with Crippen LogP contribution in [-0.4, -0.2) is 39.6 Å². The molecule has 162 valence electrons. The molecule has 0 radical (unpaired) electrons. The second-order valence-electron chi connectivity index (χ2n) is 6.66. The van der Waals surface area contributed by atoms with Gasteiger partial charge in [-0.3, -0.25) is 9.78 Å². The summed E-state index contributed by atoms with van der Waals surface area (Å²) >= 11 is 0. The molecule has 1 N–H and O–H groups in total.